The second kappa shape index (κ2) is 6.57. The molecular weight excluding hydrogens is 312 g/mol. The van der Waals surface area contributed by atoms with Crippen LogP contribution in [0.15, 0.2) is 73.1 Å². The van der Waals surface area contributed by atoms with Crippen molar-refractivity contribution < 1.29 is 4.74 Å². The van der Waals surface area contributed by atoms with Crippen LogP contribution in [-0.2, 0) is 0 Å². The van der Waals surface area contributed by atoms with Crippen LogP contribution in [0.4, 0.5) is 11.5 Å². The number of methoxy groups -OCH3 is 1. The molecule has 0 aliphatic rings. The summed E-state index contributed by atoms with van der Waals surface area (Å²) in [4.78, 5) is 13.7. The molecule has 2 heterocycles. The van der Waals surface area contributed by atoms with Crippen LogP contribution in [0.2, 0.25) is 0 Å². The Hall–Kier alpha value is -3.47. The van der Waals surface area contributed by atoms with Gasteiger partial charge in [-0.15, -0.1) is 0 Å². The SMILES string of the molecule is COc1cccc(Nc2nccc3nc(-c4ccccc4)cnc23)c1. The highest BCUT2D eigenvalue weighted by atomic mass is 16.5. The van der Waals surface area contributed by atoms with Crippen molar-refractivity contribution in [3.05, 3.63) is 73.1 Å². The quantitative estimate of drug-likeness (QED) is 0.600. The molecule has 25 heavy (non-hydrogen) atoms. The van der Waals surface area contributed by atoms with Crippen molar-refractivity contribution in [3.63, 3.8) is 0 Å². The number of anilines is 2. The predicted octanol–water partition coefficient (Wildman–Crippen LogP) is 4.44. The minimum Gasteiger partial charge on any atom is -0.497 e. The fraction of sp³-hybridized carbons (Fsp3) is 0.0500. The molecule has 0 atom stereocenters. The van der Waals surface area contributed by atoms with Crippen molar-refractivity contribution in [1.29, 1.82) is 0 Å². The van der Waals surface area contributed by atoms with Crippen molar-refractivity contribution >= 4 is 22.5 Å². The van der Waals surface area contributed by atoms with Gasteiger partial charge in [-0.3, -0.25) is 0 Å². The molecule has 4 aromatic rings. The lowest BCUT2D eigenvalue weighted by Crippen LogP contribution is -1.98. The Bertz CT molecular complexity index is 1020. The van der Waals surface area contributed by atoms with Crippen molar-refractivity contribution in [2.75, 3.05) is 12.4 Å². The molecule has 0 aliphatic carbocycles. The summed E-state index contributed by atoms with van der Waals surface area (Å²) in [6, 6.07) is 19.6. The van der Waals surface area contributed by atoms with E-state index in [1.165, 1.54) is 0 Å². The van der Waals surface area contributed by atoms with Crippen LogP contribution < -0.4 is 10.1 Å². The van der Waals surface area contributed by atoms with Crippen molar-refractivity contribution in [2.24, 2.45) is 0 Å². The molecule has 4 rings (SSSR count). The van der Waals surface area contributed by atoms with E-state index in [0.29, 0.717) is 5.82 Å². The van der Waals surface area contributed by atoms with Gasteiger partial charge in [-0.2, -0.15) is 0 Å². The Kier molecular flexibility index (Phi) is 3.96. The van der Waals surface area contributed by atoms with E-state index in [-0.39, 0.29) is 0 Å². The standard InChI is InChI=1S/C20H16N4O/c1-25-16-9-5-8-15(12-16)23-20-19-17(10-11-21-20)24-18(13-22-19)14-6-3-2-4-7-14/h2-13H,1H3,(H,21,23). The number of pyridine rings is 1. The average molecular weight is 328 g/mol. The van der Waals surface area contributed by atoms with Crippen LogP contribution in [-0.4, -0.2) is 22.1 Å². The van der Waals surface area contributed by atoms with Gasteiger partial charge >= 0.3 is 0 Å². The maximum Gasteiger partial charge on any atom is 0.158 e. The summed E-state index contributed by atoms with van der Waals surface area (Å²) >= 11 is 0. The number of hydrogen-bond acceptors (Lipinski definition) is 5. The van der Waals surface area contributed by atoms with Crippen molar-refractivity contribution in [3.8, 4) is 17.0 Å². The van der Waals surface area contributed by atoms with Crippen LogP contribution in [0.25, 0.3) is 22.3 Å². The third-order valence-corrected chi connectivity index (χ3v) is 3.86. The van der Waals surface area contributed by atoms with Gasteiger partial charge in [0.25, 0.3) is 0 Å². The van der Waals surface area contributed by atoms with Gasteiger partial charge in [-0.25, -0.2) is 15.0 Å². The number of fused-ring (bicyclic) bond motifs is 1. The van der Waals surface area contributed by atoms with E-state index in [0.717, 1.165) is 33.7 Å². The van der Waals surface area contributed by atoms with E-state index >= 15 is 0 Å². The largest absolute Gasteiger partial charge is 0.497 e. The summed E-state index contributed by atoms with van der Waals surface area (Å²) in [6.07, 6.45) is 3.50. The number of nitrogens with zero attached hydrogens (tertiary/aromatic N) is 3. The van der Waals surface area contributed by atoms with Crippen LogP contribution in [0, 0.1) is 0 Å². The normalized spacial score (nSPS) is 10.6. The summed E-state index contributed by atoms with van der Waals surface area (Å²) in [5.74, 6) is 1.44. The van der Waals surface area contributed by atoms with Crippen molar-refractivity contribution in [1.82, 2.24) is 15.0 Å². The fourth-order valence-electron chi connectivity index (χ4n) is 2.62. The van der Waals surface area contributed by atoms with E-state index in [4.69, 9.17) is 9.72 Å². The maximum atomic E-state index is 5.26. The molecule has 2 aromatic heterocycles. The summed E-state index contributed by atoms with van der Waals surface area (Å²) < 4.78 is 5.26. The zero-order valence-corrected chi connectivity index (χ0v) is 13.7. The number of ether oxygens (including phenoxy) is 1. The van der Waals surface area contributed by atoms with E-state index in [1.54, 1.807) is 19.5 Å². The minimum absolute atomic E-state index is 0.665. The molecular formula is C20H16N4O. The average Bonchev–Trinajstić information content (AvgIpc) is 2.69. The summed E-state index contributed by atoms with van der Waals surface area (Å²) in [5, 5.41) is 3.29. The fourth-order valence-corrected chi connectivity index (χ4v) is 2.62. The maximum absolute atomic E-state index is 5.26. The molecule has 0 bridgehead atoms. The Morgan fingerprint density at radius 3 is 2.64 bits per heavy atom. The van der Waals surface area contributed by atoms with Gasteiger partial charge < -0.3 is 10.1 Å². The van der Waals surface area contributed by atoms with Gasteiger partial charge in [0.1, 0.15) is 11.3 Å². The molecule has 0 saturated heterocycles. The van der Waals surface area contributed by atoms with E-state index < -0.39 is 0 Å². The van der Waals surface area contributed by atoms with Gasteiger partial charge in [0.15, 0.2) is 5.82 Å². The van der Waals surface area contributed by atoms with E-state index in [1.807, 2.05) is 60.7 Å². The molecule has 0 unspecified atom stereocenters. The number of nitrogens with one attached hydrogen (secondary N) is 1. The number of benzene rings is 2. The topological polar surface area (TPSA) is 59.9 Å². The highest BCUT2D eigenvalue weighted by Gasteiger charge is 2.08. The molecule has 0 aliphatic heterocycles. The monoisotopic (exact) mass is 328 g/mol. The molecule has 1 N–H and O–H groups in total. The first-order valence-corrected chi connectivity index (χ1v) is 7.92. The summed E-state index contributed by atoms with van der Waals surface area (Å²) in [7, 11) is 1.64. The lowest BCUT2D eigenvalue weighted by molar-refractivity contribution is 0.415. The molecule has 122 valence electrons. The zero-order valence-electron chi connectivity index (χ0n) is 13.7. The Morgan fingerprint density at radius 1 is 0.920 bits per heavy atom. The molecule has 0 spiro atoms. The zero-order chi connectivity index (χ0) is 17.1. The van der Waals surface area contributed by atoms with Crippen LogP contribution >= 0.6 is 0 Å². The molecule has 5 heteroatoms. The van der Waals surface area contributed by atoms with Crippen LogP contribution in [0.1, 0.15) is 0 Å². The third-order valence-electron chi connectivity index (χ3n) is 3.86. The first-order valence-electron chi connectivity index (χ1n) is 7.92. The van der Waals surface area contributed by atoms with E-state index in [2.05, 4.69) is 15.3 Å². The predicted molar refractivity (Wildman–Crippen MR) is 99.0 cm³/mol. The van der Waals surface area contributed by atoms with Gasteiger partial charge in [-0.05, 0) is 18.2 Å². The van der Waals surface area contributed by atoms with Gasteiger partial charge in [0.05, 0.1) is 24.5 Å². The second-order valence-corrected chi connectivity index (χ2v) is 5.51. The second-order valence-electron chi connectivity index (χ2n) is 5.51. The summed E-state index contributed by atoms with van der Waals surface area (Å²) in [6.45, 7) is 0. The third kappa shape index (κ3) is 3.12. The number of hydrogen-bond donors (Lipinski definition) is 1. The molecule has 0 radical (unpaired) electrons. The highest BCUT2D eigenvalue weighted by molar-refractivity contribution is 5.88. The molecule has 0 fully saturated rings. The lowest BCUT2D eigenvalue weighted by Gasteiger charge is -2.10. The number of rotatable bonds is 4. The molecule has 2 aromatic carbocycles. The Morgan fingerprint density at radius 2 is 1.80 bits per heavy atom. The van der Waals surface area contributed by atoms with Crippen LogP contribution in [0.3, 0.4) is 0 Å². The van der Waals surface area contributed by atoms with Gasteiger partial charge in [-0.1, -0.05) is 36.4 Å². The first-order chi connectivity index (χ1) is 12.3. The molecule has 0 amide bonds. The lowest BCUT2D eigenvalue weighted by atomic mass is 10.1. The van der Waals surface area contributed by atoms with E-state index in [9.17, 15) is 0 Å². The minimum atomic E-state index is 0.665. The van der Waals surface area contributed by atoms with Gasteiger partial charge in [0.2, 0.25) is 0 Å². The van der Waals surface area contributed by atoms with Crippen LogP contribution in [0.5, 0.6) is 5.75 Å². The highest BCUT2D eigenvalue weighted by Crippen LogP contribution is 2.25. The number of aromatic nitrogens is 3. The Labute approximate surface area is 145 Å². The molecule has 0 saturated carbocycles. The first kappa shape index (κ1) is 15.1. The smallest absolute Gasteiger partial charge is 0.158 e. The Balaban J connectivity index is 1.73. The summed E-state index contributed by atoms with van der Waals surface area (Å²) in [5.41, 5.74) is 4.28. The molecule has 5 nitrogen and oxygen atoms in total. The van der Waals surface area contributed by atoms with Gasteiger partial charge in [0, 0.05) is 23.5 Å². The van der Waals surface area contributed by atoms with Crippen molar-refractivity contribution in [2.45, 2.75) is 0 Å².